The number of fused-ring (bicyclic) bond motifs is 1. The normalized spacial score (nSPS) is 14.3. The number of aromatic amines is 1. The summed E-state index contributed by atoms with van der Waals surface area (Å²) < 4.78 is 10.8. The van der Waals surface area contributed by atoms with Crippen molar-refractivity contribution in [3.05, 3.63) is 50.2 Å². The molecule has 1 aliphatic heterocycles. The SMILES string of the molecule is COc1cc(Cl)cc(CN2CCc3nc(C)[nH]c(=O)c3C2)c1OC. The van der Waals surface area contributed by atoms with Crippen LogP contribution < -0.4 is 15.0 Å². The van der Waals surface area contributed by atoms with E-state index in [-0.39, 0.29) is 5.56 Å². The van der Waals surface area contributed by atoms with E-state index in [0.29, 0.717) is 35.4 Å². The highest BCUT2D eigenvalue weighted by Crippen LogP contribution is 2.35. The summed E-state index contributed by atoms with van der Waals surface area (Å²) in [6, 6.07) is 3.60. The lowest BCUT2D eigenvalue weighted by Crippen LogP contribution is -2.35. The van der Waals surface area contributed by atoms with Crippen LogP contribution in [-0.4, -0.2) is 35.6 Å². The monoisotopic (exact) mass is 349 g/mol. The maximum atomic E-state index is 12.2. The van der Waals surface area contributed by atoms with Crippen LogP contribution in [0.3, 0.4) is 0 Å². The number of hydrogen-bond acceptors (Lipinski definition) is 5. The van der Waals surface area contributed by atoms with Gasteiger partial charge < -0.3 is 14.5 Å². The molecule has 0 atom stereocenters. The molecular weight excluding hydrogens is 330 g/mol. The quantitative estimate of drug-likeness (QED) is 0.917. The Balaban J connectivity index is 1.88. The molecule has 128 valence electrons. The van der Waals surface area contributed by atoms with Gasteiger partial charge in [-0.25, -0.2) is 4.98 Å². The number of methoxy groups -OCH3 is 2. The molecule has 0 spiro atoms. The Bertz CT molecular complexity index is 819. The molecule has 0 bridgehead atoms. The molecule has 0 amide bonds. The highest BCUT2D eigenvalue weighted by Gasteiger charge is 2.22. The molecule has 0 unspecified atom stereocenters. The van der Waals surface area contributed by atoms with Gasteiger partial charge in [0.05, 0.1) is 25.5 Å². The standard InChI is InChI=1S/C17H20ClN3O3/c1-10-19-14-4-5-21(9-13(14)17(22)20-10)8-11-6-12(18)7-15(23-2)16(11)24-3/h6-7H,4-5,8-9H2,1-3H3,(H,19,20,22). The van der Waals surface area contributed by atoms with E-state index < -0.39 is 0 Å². The number of halogens is 1. The smallest absolute Gasteiger partial charge is 0.255 e. The summed E-state index contributed by atoms with van der Waals surface area (Å²) in [5.74, 6) is 1.93. The van der Waals surface area contributed by atoms with Crippen LogP contribution in [0.15, 0.2) is 16.9 Å². The van der Waals surface area contributed by atoms with Gasteiger partial charge in [-0.05, 0) is 13.0 Å². The summed E-state index contributed by atoms with van der Waals surface area (Å²) >= 11 is 6.18. The molecule has 3 rings (SSSR count). The predicted molar refractivity (Wildman–Crippen MR) is 92.0 cm³/mol. The average molecular weight is 350 g/mol. The van der Waals surface area contributed by atoms with Crippen molar-refractivity contribution >= 4 is 11.6 Å². The summed E-state index contributed by atoms with van der Waals surface area (Å²) in [6.45, 7) is 3.79. The highest BCUT2D eigenvalue weighted by atomic mass is 35.5. The Morgan fingerprint density at radius 3 is 2.83 bits per heavy atom. The first-order valence-corrected chi connectivity index (χ1v) is 8.11. The lowest BCUT2D eigenvalue weighted by molar-refractivity contribution is 0.236. The Kier molecular flexibility index (Phi) is 4.78. The number of nitrogens with one attached hydrogen (secondary N) is 1. The van der Waals surface area contributed by atoms with Crippen LogP contribution >= 0.6 is 11.6 Å². The van der Waals surface area contributed by atoms with Crippen molar-refractivity contribution in [1.82, 2.24) is 14.9 Å². The summed E-state index contributed by atoms with van der Waals surface area (Å²) in [4.78, 5) is 21.6. The molecule has 0 saturated heterocycles. The maximum absolute atomic E-state index is 12.2. The number of benzene rings is 1. The predicted octanol–water partition coefficient (Wildman–Crippen LogP) is 2.31. The number of ether oxygens (including phenoxy) is 2. The van der Waals surface area contributed by atoms with Crippen LogP contribution in [0, 0.1) is 6.92 Å². The fourth-order valence-corrected chi connectivity index (χ4v) is 3.34. The minimum atomic E-state index is -0.0576. The number of hydrogen-bond donors (Lipinski definition) is 1. The molecule has 1 N–H and O–H groups in total. The Labute approximate surface area is 145 Å². The molecule has 1 aliphatic rings. The van der Waals surface area contributed by atoms with Gasteiger partial charge in [0.2, 0.25) is 0 Å². The minimum Gasteiger partial charge on any atom is -0.493 e. The van der Waals surface area contributed by atoms with E-state index in [1.807, 2.05) is 6.07 Å². The Hall–Kier alpha value is -2.05. The summed E-state index contributed by atoms with van der Waals surface area (Å²) in [5, 5.41) is 0.593. The summed E-state index contributed by atoms with van der Waals surface area (Å²) in [6.07, 6.45) is 0.750. The fourth-order valence-electron chi connectivity index (χ4n) is 3.10. The second-order valence-electron chi connectivity index (χ2n) is 5.84. The minimum absolute atomic E-state index is 0.0576. The second kappa shape index (κ2) is 6.83. The van der Waals surface area contributed by atoms with E-state index in [1.54, 1.807) is 27.2 Å². The zero-order valence-corrected chi connectivity index (χ0v) is 14.7. The van der Waals surface area contributed by atoms with Crippen molar-refractivity contribution in [2.24, 2.45) is 0 Å². The van der Waals surface area contributed by atoms with Crippen LogP contribution in [0.2, 0.25) is 5.02 Å². The van der Waals surface area contributed by atoms with E-state index in [1.165, 1.54) is 0 Å². The molecule has 0 radical (unpaired) electrons. The first-order valence-electron chi connectivity index (χ1n) is 7.73. The van der Waals surface area contributed by atoms with Crippen LogP contribution in [0.25, 0.3) is 0 Å². The van der Waals surface area contributed by atoms with Gasteiger partial charge in [0, 0.05) is 42.7 Å². The van der Waals surface area contributed by atoms with E-state index in [2.05, 4.69) is 14.9 Å². The van der Waals surface area contributed by atoms with Crippen molar-refractivity contribution < 1.29 is 9.47 Å². The van der Waals surface area contributed by atoms with Gasteiger partial charge >= 0.3 is 0 Å². The number of aryl methyl sites for hydroxylation is 1. The molecule has 0 saturated carbocycles. The lowest BCUT2D eigenvalue weighted by atomic mass is 10.1. The second-order valence-corrected chi connectivity index (χ2v) is 6.27. The topological polar surface area (TPSA) is 67.5 Å². The van der Waals surface area contributed by atoms with Crippen LogP contribution in [-0.2, 0) is 19.5 Å². The Morgan fingerprint density at radius 1 is 1.33 bits per heavy atom. The fraction of sp³-hybridized carbons (Fsp3) is 0.412. The molecule has 2 heterocycles. The van der Waals surface area contributed by atoms with E-state index in [4.69, 9.17) is 21.1 Å². The average Bonchev–Trinajstić information content (AvgIpc) is 2.54. The van der Waals surface area contributed by atoms with E-state index in [9.17, 15) is 4.79 Å². The highest BCUT2D eigenvalue weighted by molar-refractivity contribution is 6.30. The van der Waals surface area contributed by atoms with Gasteiger partial charge in [0.25, 0.3) is 5.56 Å². The third kappa shape index (κ3) is 3.25. The molecule has 1 aromatic heterocycles. The molecule has 0 fully saturated rings. The zero-order chi connectivity index (χ0) is 17.3. The summed E-state index contributed by atoms with van der Waals surface area (Å²) in [5.41, 5.74) is 2.50. The first kappa shape index (κ1) is 16.8. The van der Waals surface area contributed by atoms with Crippen LogP contribution in [0.1, 0.15) is 22.6 Å². The van der Waals surface area contributed by atoms with E-state index >= 15 is 0 Å². The van der Waals surface area contributed by atoms with Gasteiger partial charge in [-0.1, -0.05) is 11.6 Å². The number of aromatic nitrogens is 2. The van der Waals surface area contributed by atoms with Gasteiger partial charge in [0.15, 0.2) is 11.5 Å². The number of rotatable bonds is 4. The maximum Gasteiger partial charge on any atom is 0.255 e. The van der Waals surface area contributed by atoms with Gasteiger partial charge in [-0.15, -0.1) is 0 Å². The van der Waals surface area contributed by atoms with Gasteiger partial charge in [0.1, 0.15) is 5.82 Å². The number of H-pyrrole nitrogens is 1. The lowest BCUT2D eigenvalue weighted by Gasteiger charge is -2.28. The van der Waals surface area contributed by atoms with Crippen molar-refractivity contribution in [2.75, 3.05) is 20.8 Å². The molecule has 7 heteroatoms. The molecule has 1 aromatic carbocycles. The van der Waals surface area contributed by atoms with Crippen molar-refractivity contribution in [3.8, 4) is 11.5 Å². The van der Waals surface area contributed by atoms with Crippen molar-refractivity contribution in [1.29, 1.82) is 0 Å². The van der Waals surface area contributed by atoms with Gasteiger partial charge in [-0.2, -0.15) is 0 Å². The molecule has 24 heavy (non-hydrogen) atoms. The third-order valence-electron chi connectivity index (χ3n) is 4.18. The molecule has 0 aliphatic carbocycles. The van der Waals surface area contributed by atoms with Gasteiger partial charge in [-0.3, -0.25) is 9.69 Å². The van der Waals surface area contributed by atoms with Crippen molar-refractivity contribution in [2.45, 2.75) is 26.4 Å². The van der Waals surface area contributed by atoms with Crippen LogP contribution in [0.5, 0.6) is 11.5 Å². The first-order chi connectivity index (χ1) is 11.5. The number of nitrogens with zero attached hydrogens (tertiary/aromatic N) is 2. The molecular formula is C17H20ClN3O3. The molecule has 6 nitrogen and oxygen atoms in total. The Morgan fingerprint density at radius 2 is 2.12 bits per heavy atom. The largest absolute Gasteiger partial charge is 0.493 e. The van der Waals surface area contributed by atoms with Crippen LogP contribution in [0.4, 0.5) is 0 Å². The molecule has 2 aromatic rings. The third-order valence-corrected chi connectivity index (χ3v) is 4.40. The zero-order valence-electron chi connectivity index (χ0n) is 14.0. The van der Waals surface area contributed by atoms with E-state index in [0.717, 1.165) is 29.8 Å². The summed E-state index contributed by atoms with van der Waals surface area (Å²) in [7, 11) is 3.20. The van der Waals surface area contributed by atoms with Crippen molar-refractivity contribution in [3.63, 3.8) is 0 Å².